The Bertz CT molecular complexity index is 957. The van der Waals surface area contributed by atoms with Crippen LogP contribution < -0.4 is 10.1 Å². The molecule has 0 saturated heterocycles. The molecular formula is C26H32N2O3. The molecule has 0 bridgehead atoms. The zero-order chi connectivity index (χ0) is 22.6. The molecule has 0 aliphatic heterocycles. The van der Waals surface area contributed by atoms with E-state index in [9.17, 15) is 10.2 Å². The zero-order valence-electron chi connectivity index (χ0n) is 18.5. The third-order valence-corrected chi connectivity index (χ3v) is 5.00. The number of hydrogen-bond acceptors (Lipinski definition) is 5. The van der Waals surface area contributed by atoms with Gasteiger partial charge in [0.15, 0.2) is 0 Å². The van der Waals surface area contributed by atoms with Crippen LogP contribution in [0.4, 0.5) is 0 Å². The molecule has 0 saturated carbocycles. The quantitative estimate of drug-likeness (QED) is 0.476. The number of ether oxygens (including phenoxy) is 1. The summed E-state index contributed by atoms with van der Waals surface area (Å²) in [4.78, 5) is 4.57. The Kier molecular flexibility index (Phi) is 9.91. The molecule has 0 aliphatic carbocycles. The van der Waals surface area contributed by atoms with E-state index in [2.05, 4.69) is 61.1 Å². The minimum atomic E-state index is -0.371. The van der Waals surface area contributed by atoms with E-state index in [1.807, 2.05) is 30.4 Å². The van der Waals surface area contributed by atoms with E-state index in [4.69, 9.17) is 4.74 Å². The predicted octanol–water partition coefficient (Wildman–Crippen LogP) is 4.16. The molecule has 3 N–H and O–H groups in total. The van der Waals surface area contributed by atoms with Gasteiger partial charge in [-0.1, -0.05) is 61.2 Å². The van der Waals surface area contributed by atoms with Gasteiger partial charge in [0.25, 0.3) is 0 Å². The summed E-state index contributed by atoms with van der Waals surface area (Å²) in [6.45, 7) is 8.08. The molecule has 0 spiro atoms. The summed E-state index contributed by atoms with van der Waals surface area (Å²) in [5.41, 5.74) is 6.35. The minimum absolute atomic E-state index is 0.134. The molecule has 31 heavy (non-hydrogen) atoms. The van der Waals surface area contributed by atoms with E-state index in [0.717, 1.165) is 16.8 Å². The molecule has 2 rings (SSSR count). The Labute approximate surface area is 185 Å². The van der Waals surface area contributed by atoms with Crippen molar-refractivity contribution in [3.63, 3.8) is 0 Å². The highest BCUT2D eigenvalue weighted by molar-refractivity contribution is 5.76. The second-order valence-electron chi connectivity index (χ2n) is 7.17. The molecule has 0 aliphatic rings. The van der Waals surface area contributed by atoms with Crippen molar-refractivity contribution in [3.8, 4) is 5.88 Å². The minimum Gasteiger partial charge on any atom is -0.481 e. The van der Waals surface area contributed by atoms with E-state index in [1.54, 1.807) is 13.2 Å². The van der Waals surface area contributed by atoms with Gasteiger partial charge in [-0.2, -0.15) is 0 Å². The first-order chi connectivity index (χ1) is 15.0. The third-order valence-electron chi connectivity index (χ3n) is 5.00. The molecule has 1 aromatic heterocycles. The Balaban J connectivity index is 2.22. The van der Waals surface area contributed by atoms with Crippen LogP contribution in [-0.4, -0.2) is 41.6 Å². The number of aliphatic hydroxyl groups excluding tert-OH is 2. The van der Waals surface area contributed by atoms with Gasteiger partial charge in [-0.3, -0.25) is 0 Å². The monoisotopic (exact) mass is 420 g/mol. The molecule has 5 heteroatoms. The van der Waals surface area contributed by atoms with Gasteiger partial charge in [0, 0.05) is 12.1 Å². The average molecular weight is 421 g/mol. The maximum absolute atomic E-state index is 9.19. The molecule has 0 fully saturated rings. The van der Waals surface area contributed by atoms with E-state index in [0.29, 0.717) is 12.4 Å². The second-order valence-corrected chi connectivity index (χ2v) is 7.17. The summed E-state index contributed by atoms with van der Waals surface area (Å²) in [6, 6.07) is 9.75. The van der Waals surface area contributed by atoms with E-state index < -0.39 is 0 Å². The first-order valence-electron chi connectivity index (χ1n) is 10.3. The summed E-state index contributed by atoms with van der Waals surface area (Å²) in [5.74, 6) is 0.516. The molecule has 0 amide bonds. The lowest BCUT2D eigenvalue weighted by Crippen LogP contribution is -2.35. The van der Waals surface area contributed by atoms with Gasteiger partial charge in [-0.25, -0.2) is 4.98 Å². The van der Waals surface area contributed by atoms with Crippen LogP contribution in [0.1, 0.15) is 34.9 Å². The maximum atomic E-state index is 9.19. The fourth-order valence-corrected chi connectivity index (χ4v) is 3.13. The summed E-state index contributed by atoms with van der Waals surface area (Å²) in [7, 11) is 1.58. The number of allylic oxidation sites excluding steroid dienone is 5. The Morgan fingerprint density at radius 3 is 2.61 bits per heavy atom. The van der Waals surface area contributed by atoms with Crippen molar-refractivity contribution in [1.29, 1.82) is 0 Å². The number of pyridine rings is 1. The average Bonchev–Trinajstić information content (AvgIpc) is 2.79. The van der Waals surface area contributed by atoms with Crippen LogP contribution in [0.5, 0.6) is 5.88 Å². The molecule has 5 nitrogen and oxygen atoms in total. The summed E-state index contributed by atoms with van der Waals surface area (Å²) in [5, 5.41) is 21.5. The van der Waals surface area contributed by atoms with Crippen LogP contribution in [0.3, 0.4) is 0 Å². The van der Waals surface area contributed by atoms with Gasteiger partial charge in [0.05, 0.1) is 32.1 Å². The van der Waals surface area contributed by atoms with Crippen molar-refractivity contribution >= 4 is 17.7 Å². The van der Waals surface area contributed by atoms with Crippen molar-refractivity contribution in [2.24, 2.45) is 0 Å². The Morgan fingerprint density at radius 1 is 1.16 bits per heavy atom. The van der Waals surface area contributed by atoms with Crippen LogP contribution in [0.2, 0.25) is 0 Å². The van der Waals surface area contributed by atoms with Crippen molar-refractivity contribution in [1.82, 2.24) is 10.3 Å². The van der Waals surface area contributed by atoms with Gasteiger partial charge in [-0.05, 0) is 48.3 Å². The van der Waals surface area contributed by atoms with Gasteiger partial charge in [0.2, 0.25) is 5.88 Å². The van der Waals surface area contributed by atoms with Gasteiger partial charge in [-0.15, -0.1) is 0 Å². The molecule has 1 aromatic carbocycles. The van der Waals surface area contributed by atoms with Crippen LogP contribution in [0.25, 0.3) is 17.7 Å². The Morgan fingerprint density at radius 2 is 1.94 bits per heavy atom. The van der Waals surface area contributed by atoms with Crippen molar-refractivity contribution in [3.05, 3.63) is 89.2 Å². The van der Waals surface area contributed by atoms with Gasteiger partial charge in [0.1, 0.15) is 0 Å². The lowest BCUT2D eigenvalue weighted by atomic mass is 9.96. The zero-order valence-corrected chi connectivity index (χ0v) is 18.5. The standard InChI is InChI=1S/C26H32N2O3/c1-5-6-7-9-19(2)25-11-8-10-21(20(25)3)12-14-23-15-13-22(26(28-23)31-4)16-27-24(17-29)18-30/h5-15,24,27,29-30H,1,16-18H2,2-4H3/b7-6-,14-12+,19-9+. The largest absolute Gasteiger partial charge is 0.481 e. The lowest BCUT2D eigenvalue weighted by Gasteiger charge is -2.14. The predicted molar refractivity (Wildman–Crippen MR) is 129 cm³/mol. The van der Waals surface area contributed by atoms with Gasteiger partial charge < -0.3 is 20.3 Å². The van der Waals surface area contributed by atoms with Crippen molar-refractivity contribution in [2.75, 3.05) is 20.3 Å². The second kappa shape index (κ2) is 12.6. The highest BCUT2D eigenvalue weighted by Gasteiger charge is 2.09. The van der Waals surface area contributed by atoms with Gasteiger partial charge >= 0.3 is 0 Å². The summed E-state index contributed by atoms with van der Waals surface area (Å²) >= 11 is 0. The molecule has 0 radical (unpaired) electrons. The molecular weight excluding hydrogens is 388 g/mol. The summed E-state index contributed by atoms with van der Waals surface area (Å²) in [6.07, 6.45) is 11.8. The topological polar surface area (TPSA) is 74.6 Å². The van der Waals surface area contributed by atoms with E-state index in [1.165, 1.54) is 16.7 Å². The maximum Gasteiger partial charge on any atom is 0.218 e. The lowest BCUT2D eigenvalue weighted by molar-refractivity contribution is 0.170. The smallest absolute Gasteiger partial charge is 0.218 e. The van der Waals surface area contributed by atoms with Crippen molar-refractivity contribution in [2.45, 2.75) is 26.4 Å². The first kappa shape index (κ1) is 24.3. The number of aliphatic hydroxyl groups is 2. The highest BCUT2D eigenvalue weighted by atomic mass is 16.5. The number of nitrogens with one attached hydrogen (secondary N) is 1. The van der Waals surface area contributed by atoms with Crippen molar-refractivity contribution < 1.29 is 14.9 Å². The van der Waals surface area contributed by atoms with Crippen LogP contribution in [0.15, 0.2) is 61.2 Å². The van der Waals surface area contributed by atoms with Crippen LogP contribution in [0, 0.1) is 6.92 Å². The molecule has 164 valence electrons. The number of hydrogen-bond donors (Lipinski definition) is 3. The van der Waals surface area contributed by atoms with E-state index >= 15 is 0 Å². The molecule has 2 aromatic rings. The third kappa shape index (κ3) is 7.03. The van der Waals surface area contributed by atoms with Crippen LogP contribution >= 0.6 is 0 Å². The molecule has 0 unspecified atom stereocenters. The fourth-order valence-electron chi connectivity index (χ4n) is 3.13. The number of nitrogens with zero attached hydrogens (tertiary/aromatic N) is 1. The normalized spacial score (nSPS) is 12.3. The highest BCUT2D eigenvalue weighted by Crippen LogP contribution is 2.24. The summed E-state index contributed by atoms with van der Waals surface area (Å²) < 4.78 is 5.43. The fraction of sp³-hybridized carbons (Fsp3) is 0.269. The number of methoxy groups -OCH3 is 1. The number of aromatic nitrogens is 1. The SMILES string of the molecule is C=C/C=C\C=C(/C)c1cccc(/C=C/c2ccc(CNC(CO)CO)c(OC)n2)c1C. The molecule has 1 heterocycles. The molecule has 0 atom stereocenters. The Hall–Kier alpha value is -2.99. The first-order valence-corrected chi connectivity index (χ1v) is 10.3. The number of rotatable bonds is 11. The number of benzene rings is 1. The van der Waals surface area contributed by atoms with Crippen LogP contribution in [-0.2, 0) is 6.54 Å². The van der Waals surface area contributed by atoms with E-state index in [-0.39, 0.29) is 19.3 Å².